The monoisotopic (exact) mass is 317 g/mol. The Labute approximate surface area is 130 Å². The first-order valence-electron chi connectivity index (χ1n) is 8.31. The Bertz CT molecular complexity index is 428. The van der Waals surface area contributed by atoms with E-state index in [1.54, 1.807) is 8.61 Å². The summed E-state index contributed by atoms with van der Waals surface area (Å²) in [6.45, 7) is 8.10. The maximum atomic E-state index is 12.8. The Kier molecular flexibility index (Phi) is 5.68. The van der Waals surface area contributed by atoms with Gasteiger partial charge in [-0.1, -0.05) is 20.3 Å². The molecule has 2 fully saturated rings. The van der Waals surface area contributed by atoms with E-state index in [1.807, 2.05) is 7.05 Å². The standard InChI is InChI=1S/C15H31N3O2S/c1-4-15(2)7-10-17(11-8-15)21(19,20)18-9-5-6-14(13-18)12-16-3/h14,16H,4-13H2,1-3H3. The first kappa shape index (κ1) is 17.2. The Hall–Kier alpha value is -0.170. The number of rotatable bonds is 5. The molecule has 0 aromatic rings. The van der Waals surface area contributed by atoms with Crippen LogP contribution >= 0.6 is 0 Å². The number of piperidine rings is 2. The number of nitrogens with zero attached hydrogens (tertiary/aromatic N) is 2. The van der Waals surface area contributed by atoms with Gasteiger partial charge in [0.1, 0.15) is 0 Å². The Morgan fingerprint density at radius 2 is 1.86 bits per heavy atom. The van der Waals surface area contributed by atoms with Crippen molar-refractivity contribution in [2.45, 2.75) is 46.0 Å². The highest BCUT2D eigenvalue weighted by molar-refractivity contribution is 7.86. The van der Waals surface area contributed by atoms with E-state index in [0.29, 0.717) is 37.5 Å². The average Bonchev–Trinajstić information content (AvgIpc) is 2.48. The molecule has 0 radical (unpaired) electrons. The first-order valence-corrected chi connectivity index (χ1v) is 9.71. The molecule has 5 nitrogen and oxygen atoms in total. The molecule has 0 saturated carbocycles. The van der Waals surface area contributed by atoms with Crippen LogP contribution in [0, 0.1) is 11.3 Å². The van der Waals surface area contributed by atoms with Gasteiger partial charge in [-0.25, -0.2) is 0 Å². The quantitative estimate of drug-likeness (QED) is 0.839. The molecule has 1 N–H and O–H groups in total. The maximum Gasteiger partial charge on any atom is 0.281 e. The van der Waals surface area contributed by atoms with Crippen molar-refractivity contribution < 1.29 is 8.42 Å². The molecule has 0 aromatic carbocycles. The SMILES string of the molecule is CCC1(C)CCN(S(=O)(=O)N2CCCC(CNC)C2)CC1. The zero-order chi connectivity index (χ0) is 15.5. The summed E-state index contributed by atoms with van der Waals surface area (Å²) in [5.41, 5.74) is 0.322. The molecule has 0 bridgehead atoms. The van der Waals surface area contributed by atoms with Crippen molar-refractivity contribution >= 4 is 10.2 Å². The predicted octanol–water partition coefficient (Wildman–Crippen LogP) is 1.67. The van der Waals surface area contributed by atoms with Gasteiger partial charge in [0, 0.05) is 26.2 Å². The van der Waals surface area contributed by atoms with Crippen LogP contribution in [0.1, 0.15) is 46.0 Å². The van der Waals surface area contributed by atoms with Gasteiger partial charge in [-0.15, -0.1) is 0 Å². The van der Waals surface area contributed by atoms with E-state index >= 15 is 0 Å². The van der Waals surface area contributed by atoms with Crippen LogP contribution < -0.4 is 5.32 Å². The normalized spacial score (nSPS) is 28.6. The fourth-order valence-corrected chi connectivity index (χ4v) is 5.19. The van der Waals surface area contributed by atoms with E-state index in [0.717, 1.165) is 38.6 Å². The molecule has 2 aliphatic rings. The molecule has 0 aliphatic carbocycles. The van der Waals surface area contributed by atoms with Crippen molar-refractivity contribution in [2.24, 2.45) is 11.3 Å². The van der Waals surface area contributed by atoms with Crippen LogP contribution in [-0.4, -0.2) is 56.8 Å². The van der Waals surface area contributed by atoms with Gasteiger partial charge in [0.15, 0.2) is 0 Å². The van der Waals surface area contributed by atoms with Crippen molar-refractivity contribution in [3.63, 3.8) is 0 Å². The molecule has 124 valence electrons. The lowest BCUT2D eigenvalue weighted by molar-refractivity contribution is 0.157. The van der Waals surface area contributed by atoms with Gasteiger partial charge < -0.3 is 5.32 Å². The predicted molar refractivity (Wildman–Crippen MR) is 86.3 cm³/mol. The van der Waals surface area contributed by atoms with Gasteiger partial charge in [0.25, 0.3) is 10.2 Å². The molecule has 21 heavy (non-hydrogen) atoms. The maximum absolute atomic E-state index is 12.8. The molecule has 2 heterocycles. The van der Waals surface area contributed by atoms with Crippen molar-refractivity contribution in [1.29, 1.82) is 0 Å². The van der Waals surface area contributed by atoms with Crippen LogP contribution in [0.25, 0.3) is 0 Å². The van der Waals surface area contributed by atoms with Crippen LogP contribution in [0.5, 0.6) is 0 Å². The summed E-state index contributed by atoms with van der Waals surface area (Å²) in [4.78, 5) is 0. The second kappa shape index (κ2) is 6.94. The van der Waals surface area contributed by atoms with Gasteiger partial charge in [-0.05, 0) is 50.6 Å². The minimum absolute atomic E-state index is 0.322. The zero-order valence-electron chi connectivity index (χ0n) is 13.8. The molecule has 0 amide bonds. The zero-order valence-corrected chi connectivity index (χ0v) is 14.6. The molecule has 0 aromatic heterocycles. The first-order chi connectivity index (χ1) is 9.91. The van der Waals surface area contributed by atoms with Crippen molar-refractivity contribution in [1.82, 2.24) is 13.9 Å². The van der Waals surface area contributed by atoms with Crippen molar-refractivity contribution in [3.8, 4) is 0 Å². The van der Waals surface area contributed by atoms with E-state index in [4.69, 9.17) is 0 Å². The van der Waals surface area contributed by atoms with E-state index < -0.39 is 10.2 Å². The summed E-state index contributed by atoms with van der Waals surface area (Å²) >= 11 is 0. The summed E-state index contributed by atoms with van der Waals surface area (Å²) in [7, 11) is -1.32. The molecule has 0 spiro atoms. The minimum atomic E-state index is -3.26. The van der Waals surface area contributed by atoms with Crippen molar-refractivity contribution in [3.05, 3.63) is 0 Å². The van der Waals surface area contributed by atoms with Gasteiger partial charge in [0.05, 0.1) is 0 Å². The largest absolute Gasteiger partial charge is 0.319 e. The molecular weight excluding hydrogens is 286 g/mol. The minimum Gasteiger partial charge on any atom is -0.319 e. The summed E-state index contributed by atoms with van der Waals surface area (Å²) in [6.07, 6.45) is 5.20. The number of hydrogen-bond acceptors (Lipinski definition) is 3. The molecule has 1 unspecified atom stereocenters. The lowest BCUT2D eigenvalue weighted by Gasteiger charge is -2.41. The third kappa shape index (κ3) is 3.97. The molecular formula is C15H31N3O2S. The lowest BCUT2D eigenvalue weighted by atomic mass is 9.79. The third-order valence-corrected chi connectivity index (χ3v) is 7.41. The highest BCUT2D eigenvalue weighted by atomic mass is 32.2. The fourth-order valence-electron chi connectivity index (χ4n) is 3.47. The summed E-state index contributed by atoms with van der Waals surface area (Å²) in [5, 5.41) is 3.17. The lowest BCUT2D eigenvalue weighted by Crippen LogP contribution is -2.52. The third-order valence-electron chi connectivity index (χ3n) is 5.41. The van der Waals surface area contributed by atoms with Crippen LogP contribution in [0.2, 0.25) is 0 Å². The van der Waals surface area contributed by atoms with E-state index in [-0.39, 0.29) is 0 Å². The molecule has 2 aliphatic heterocycles. The van der Waals surface area contributed by atoms with Crippen LogP contribution in [-0.2, 0) is 10.2 Å². The van der Waals surface area contributed by atoms with Crippen LogP contribution in [0.15, 0.2) is 0 Å². The van der Waals surface area contributed by atoms with Gasteiger partial charge in [-0.3, -0.25) is 0 Å². The Balaban J connectivity index is 1.98. The smallest absolute Gasteiger partial charge is 0.281 e. The van der Waals surface area contributed by atoms with Gasteiger partial charge >= 0.3 is 0 Å². The number of hydrogen-bond donors (Lipinski definition) is 1. The second-order valence-corrected chi connectivity index (χ2v) is 8.92. The summed E-state index contributed by atoms with van der Waals surface area (Å²) in [6, 6.07) is 0. The second-order valence-electron chi connectivity index (χ2n) is 6.99. The highest BCUT2D eigenvalue weighted by Crippen LogP contribution is 2.35. The van der Waals surface area contributed by atoms with Gasteiger partial charge in [0.2, 0.25) is 0 Å². The van der Waals surface area contributed by atoms with E-state index in [2.05, 4.69) is 19.2 Å². The molecule has 2 rings (SSSR count). The van der Waals surface area contributed by atoms with Crippen LogP contribution in [0.3, 0.4) is 0 Å². The molecule has 2 saturated heterocycles. The summed E-state index contributed by atoms with van der Waals surface area (Å²) in [5.74, 6) is 0.448. The topological polar surface area (TPSA) is 52.7 Å². The van der Waals surface area contributed by atoms with Crippen LogP contribution in [0.4, 0.5) is 0 Å². The van der Waals surface area contributed by atoms with E-state index in [1.165, 1.54) is 0 Å². The Morgan fingerprint density at radius 3 is 2.43 bits per heavy atom. The van der Waals surface area contributed by atoms with Crippen molar-refractivity contribution in [2.75, 3.05) is 39.8 Å². The highest BCUT2D eigenvalue weighted by Gasteiger charge is 2.38. The molecule has 6 heteroatoms. The average molecular weight is 317 g/mol. The molecule has 1 atom stereocenters. The Morgan fingerprint density at radius 1 is 1.19 bits per heavy atom. The van der Waals surface area contributed by atoms with Gasteiger partial charge in [-0.2, -0.15) is 17.0 Å². The summed E-state index contributed by atoms with van der Waals surface area (Å²) < 4.78 is 29.1. The number of nitrogens with one attached hydrogen (secondary N) is 1. The fraction of sp³-hybridized carbons (Fsp3) is 1.00. The van der Waals surface area contributed by atoms with E-state index in [9.17, 15) is 8.42 Å².